The summed E-state index contributed by atoms with van der Waals surface area (Å²) >= 11 is 0. The topological polar surface area (TPSA) is 46.5 Å². The van der Waals surface area contributed by atoms with Crippen molar-refractivity contribution in [1.29, 1.82) is 0 Å². The first-order valence-corrected chi connectivity index (χ1v) is 4.82. The predicted molar refractivity (Wildman–Crippen MR) is 59.5 cm³/mol. The maximum absolute atomic E-state index is 11.7. The van der Waals surface area contributed by atoms with Crippen molar-refractivity contribution in [2.45, 2.75) is 0 Å². The van der Waals surface area contributed by atoms with Gasteiger partial charge < -0.3 is 9.84 Å². The molecule has 0 aliphatic heterocycles. The zero-order chi connectivity index (χ0) is 11.4. The molecule has 2 aromatic carbocycles. The number of esters is 1. The average Bonchev–Trinajstić information content (AvgIpc) is 2.31. The fourth-order valence-corrected chi connectivity index (χ4v) is 1.30. The molecular formula is C13H10O3Ti. The van der Waals surface area contributed by atoms with Crippen LogP contribution >= 0.6 is 0 Å². The fourth-order valence-electron chi connectivity index (χ4n) is 1.30. The van der Waals surface area contributed by atoms with Crippen LogP contribution in [0.15, 0.2) is 54.6 Å². The Kier molecular flexibility index (Phi) is 4.94. The summed E-state index contributed by atoms with van der Waals surface area (Å²) in [5.74, 6) is -0.191. The zero-order valence-electron chi connectivity index (χ0n) is 8.96. The Hall–Kier alpha value is -1.58. The Labute approximate surface area is 114 Å². The molecule has 0 atom stereocenters. The van der Waals surface area contributed by atoms with E-state index < -0.39 is 5.97 Å². The Morgan fingerprint density at radius 2 is 1.53 bits per heavy atom. The molecule has 17 heavy (non-hydrogen) atoms. The van der Waals surface area contributed by atoms with Crippen LogP contribution in [0.1, 0.15) is 10.4 Å². The predicted octanol–water partition coefficient (Wildman–Crippen LogP) is 2.61. The SMILES string of the molecule is O=C(Oc1ccccc1)c1ccccc1O.[Ti]. The summed E-state index contributed by atoms with van der Waals surface area (Å²) in [5, 5.41) is 9.46. The summed E-state index contributed by atoms with van der Waals surface area (Å²) in [7, 11) is 0. The molecule has 1 N–H and O–H groups in total. The Morgan fingerprint density at radius 3 is 2.18 bits per heavy atom. The van der Waals surface area contributed by atoms with Crippen LogP contribution in [0.5, 0.6) is 11.5 Å². The number of phenols is 1. The van der Waals surface area contributed by atoms with Gasteiger partial charge in [0.1, 0.15) is 17.1 Å². The summed E-state index contributed by atoms with van der Waals surface area (Å²) in [4.78, 5) is 11.7. The van der Waals surface area contributed by atoms with Gasteiger partial charge in [-0.05, 0) is 24.3 Å². The number of aromatic hydroxyl groups is 1. The van der Waals surface area contributed by atoms with Crippen molar-refractivity contribution in [3.63, 3.8) is 0 Å². The summed E-state index contributed by atoms with van der Waals surface area (Å²) < 4.78 is 5.08. The summed E-state index contributed by atoms with van der Waals surface area (Å²) in [6.45, 7) is 0. The third-order valence-corrected chi connectivity index (χ3v) is 2.08. The largest absolute Gasteiger partial charge is 0.507 e. The van der Waals surface area contributed by atoms with Gasteiger partial charge in [-0.3, -0.25) is 0 Å². The van der Waals surface area contributed by atoms with Crippen LogP contribution in [0, 0.1) is 0 Å². The van der Waals surface area contributed by atoms with Gasteiger partial charge in [0.25, 0.3) is 0 Å². The van der Waals surface area contributed by atoms with Crippen LogP contribution in [-0.4, -0.2) is 11.1 Å². The number of para-hydroxylation sites is 2. The van der Waals surface area contributed by atoms with E-state index in [9.17, 15) is 9.90 Å². The van der Waals surface area contributed by atoms with Gasteiger partial charge in [-0.25, -0.2) is 4.79 Å². The number of hydrogen-bond acceptors (Lipinski definition) is 3. The molecule has 2 aromatic rings. The molecule has 4 heteroatoms. The van der Waals surface area contributed by atoms with Gasteiger partial charge in [-0.1, -0.05) is 30.3 Å². The van der Waals surface area contributed by atoms with E-state index in [0.717, 1.165) is 0 Å². The van der Waals surface area contributed by atoms with Crippen molar-refractivity contribution in [3.8, 4) is 11.5 Å². The number of hydrogen-bond donors (Lipinski definition) is 1. The first-order valence-electron chi connectivity index (χ1n) is 4.82. The van der Waals surface area contributed by atoms with E-state index in [1.165, 1.54) is 12.1 Å². The third-order valence-electron chi connectivity index (χ3n) is 2.08. The van der Waals surface area contributed by atoms with Gasteiger partial charge in [0.05, 0.1) is 0 Å². The van der Waals surface area contributed by atoms with Gasteiger partial charge in [-0.2, -0.15) is 0 Å². The molecule has 0 radical (unpaired) electrons. The first kappa shape index (κ1) is 13.5. The average molecular weight is 262 g/mol. The summed E-state index contributed by atoms with van der Waals surface area (Å²) in [5.41, 5.74) is 0.159. The summed E-state index contributed by atoms with van der Waals surface area (Å²) in [6, 6.07) is 15.0. The van der Waals surface area contributed by atoms with E-state index in [4.69, 9.17) is 4.74 Å². The van der Waals surface area contributed by atoms with E-state index in [0.29, 0.717) is 5.75 Å². The molecular weight excluding hydrogens is 252 g/mol. The summed E-state index contributed by atoms with van der Waals surface area (Å²) in [6.07, 6.45) is 0. The van der Waals surface area contributed by atoms with Crippen molar-refractivity contribution in [1.82, 2.24) is 0 Å². The Morgan fingerprint density at radius 1 is 0.941 bits per heavy atom. The second-order valence-corrected chi connectivity index (χ2v) is 3.22. The van der Waals surface area contributed by atoms with Crippen molar-refractivity contribution >= 4 is 5.97 Å². The minimum Gasteiger partial charge on any atom is -0.507 e. The number of benzene rings is 2. The van der Waals surface area contributed by atoms with E-state index in [2.05, 4.69) is 0 Å². The van der Waals surface area contributed by atoms with Gasteiger partial charge >= 0.3 is 5.97 Å². The quantitative estimate of drug-likeness (QED) is 0.514. The number of phenolic OH excluding ortho intramolecular Hbond substituents is 1. The third kappa shape index (κ3) is 3.44. The Balaban J connectivity index is 0.00000144. The number of carbonyl (C=O) groups excluding carboxylic acids is 1. The number of ether oxygens (including phenoxy) is 1. The van der Waals surface area contributed by atoms with Crippen LogP contribution in [0.4, 0.5) is 0 Å². The minimum absolute atomic E-state index is 0. The van der Waals surface area contributed by atoms with Crippen molar-refractivity contribution in [2.24, 2.45) is 0 Å². The number of rotatable bonds is 2. The molecule has 0 aliphatic carbocycles. The van der Waals surface area contributed by atoms with Crippen LogP contribution in [0.2, 0.25) is 0 Å². The fraction of sp³-hybridized carbons (Fsp3) is 0. The van der Waals surface area contributed by atoms with Crippen LogP contribution in [0.3, 0.4) is 0 Å². The molecule has 0 aliphatic rings. The molecule has 0 amide bonds. The van der Waals surface area contributed by atoms with Crippen molar-refractivity contribution in [3.05, 3.63) is 60.2 Å². The molecule has 0 fully saturated rings. The van der Waals surface area contributed by atoms with E-state index in [1.807, 2.05) is 6.07 Å². The zero-order valence-corrected chi connectivity index (χ0v) is 10.5. The van der Waals surface area contributed by atoms with Gasteiger partial charge in [-0.15, -0.1) is 0 Å². The molecule has 0 heterocycles. The van der Waals surface area contributed by atoms with E-state index in [-0.39, 0.29) is 33.0 Å². The minimum atomic E-state index is -0.565. The molecule has 0 saturated heterocycles. The second kappa shape index (κ2) is 6.23. The van der Waals surface area contributed by atoms with Gasteiger partial charge in [0.15, 0.2) is 0 Å². The van der Waals surface area contributed by atoms with Crippen molar-refractivity contribution < 1.29 is 36.4 Å². The smallest absolute Gasteiger partial charge is 0.347 e. The number of carbonyl (C=O) groups is 1. The molecule has 0 unspecified atom stereocenters. The standard InChI is InChI=1S/C13H10O3.Ti/c14-12-9-5-4-8-11(12)13(15)16-10-6-2-1-3-7-10;/h1-9,14H;. The van der Waals surface area contributed by atoms with Crippen LogP contribution in [0.25, 0.3) is 0 Å². The maximum atomic E-state index is 11.7. The molecule has 0 aromatic heterocycles. The van der Waals surface area contributed by atoms with Crippen LogP contribution in [-0.2, 0) is 21.7 Å². The van der Waals surface area contributed by atoms with E-state index in [1.54, 1.807) is 36.4 Å². The van der Waals surface area contributed by atoms with E-state index >= 15 is 0 Å². The van der Waals surface area contributed by atoms with Gasteiger partial charge in [0, 0.05) is 21.7 Å². The molecule has 3 nitrogen and oxygen atoms in total. The van der Waals surface area contributed by atoms with Crippen molar-refractivity contribution in [2.75, 3.05) is 0 Å². The monoisotopic (exact) mass is 262 g/mol. The second-order valence-electron chi connectivity index (χ2n) is 3.22. The Bertz CT molecular complexity index is 497. The maximum Gasteiger partial charge on any atom is 0.347 e. The molecule has 0 saturated carbocycles. The molecule has 0 bridgehead atoms. The normalized spacial score (nSPS) is 9.18. The molecule has 84 valence electrons. The first-order chi connectivity index (χ1) is 7.77. The molecule has 0 spiro atoms. The van der Waals surface area contributed by atoms with Crippen LogP contribution < -0.4 is 4.74 Å². The molecule has 2 rings (SSSR count). The van der Waals surface area contributed by atoms with Gasteiger partial charge in [0.2, 0.25) is 0 Å².